The number of aliphatic hydroxyl groups is 1. The molecule has 1 aliphatic carbocycles. The van der Waals surface area contributed by atoms with Crippen LogP contribution in [-0.2, 0) is 12.0 Å². The molecular weight excluding hydrogens is 294 g/mol. The minimum atomic E-state index is -0.926. The lowest BCUT2D eigenvalue weighted by Gasteiger charge is -2.41. The Balaban J connectivity index is 1.92. The highest BCUT2D eigenvalue weighted by molar-refractivity contribution is 5.42. The third-order valence-electron chi connectivity index (χ3n) is 5.08. The minimum Gasteiger partial charge on any atom is -0.384 e. The molecule has 2 heteroatoms. The predicted molar refractivity (Wildman–Crippen MR) is 95.8 cm³/mol. The molecule has 1 aromatic heterocycles. The van der Waals surface area contributed by atoms with Crippen molar-refractivity contribution in [2.24, 2.45) is 0 Å². The summed E-state index contributed by atoms with van der Waals surface area (Å²) in [6, 6.07) is 24.5. The smallest absolute Gasteiger partial charge is 0.102 e. The zero-order valence-corrected chi connectivity index (χ0v) is 13.6. The molecule has 3 aromatic rings. The molecule has 2 nitrogen and oxygen atoms in total. The van der Waals surface area contributed by atoms with Crippen molar-refractivity contribution in [2.75, 3.05) is 0 Å². The van der Waals surface area contributed by atoms with Gasteiger partial charge in [0, 0.05) is 6.20 Å². The lowest BCUT2D eigenvalue weighted by atomic mass is 9.68. The molecule has 24 heavy (non-hydrogen) atoms. The van der Waals surface area contributed by atoms with Gasteiger partial charge in [-0.15, -0.1) is 0 Å². The fourth-order valence-electron chi connectivity index (χ4n) is 4.03. The molecule has 1 heterocycles. The first-order chi connectivity index (χ1) is 11.8. The van der Waals surface area contributed by atoms with Gasteiger partial charge in [0.25, 0.3) is 0 Å². The van der Waals surface area contributed by atoms with E-state index in [1.54, 1.807) is 0 Å². The van der Waals surface area contributed by atoms with Crippen LogP contribution in [0.1, 0.15) is 41.1 Å². The Labute approximate surface area is 142 Å². The van der Waals surface area contributed by atoms with Crippen LogP contribution in [0.4, 0.5) is 0 Å². The summed E-state index contributed by atoms with van der Waals surface area (Å²) in [6.45, 7) is 0. The van der Waals surface area contributed by atoms with Crippen LogP contribution < -0.4 is 0 Å². The van der Waals surface area contributed by atoms with E-state index in [0.717, 1.165) is 36.1 Å². The van der Waals surface area contributed by atoms with Crippen LogP contribution in [0.25, 0.3) is 0 Å². The standard InChI is InChI=1S/C22H21NO/c24-22(15-8-12-17-9-4-5-13-19(17)22)21(18-10-2-1-3-11-18)20-14-6-7-16-23-20/h1-7,9-11,13-14,16,21,24H,8,12,15H2/t21-,22-/m1/s1. The fraction of sp³-hybridized carbons (Fsp3) is 0.227. The maximum absolute atomic E-state index is 11.9. The summed E-state index contributed by atoms with van der Waals surface area (Å²) < 4.78 is 0. The van der Waals surface area contributed by atoms with Gasteiger partial charge >= 0.3 is 0 Å². The number of pyridine rings is 1. The molecular formula is C22H21NO. The number of benzene rings is 2. The molecule has 4 rings (SSSR count). The molecule has 0 aliphatic heterocycles. The van der Waals surface area contributed by atoms with Crippen molar-refractivity contribution >= 4 is 0 Å². The van der Waals surface area contributed by atoms with Crippen molar-refractivity contribution in [2.45, 2.75) is 30.8 Å². The number of fused-ring (bicyclic) bond motifs is 1. The first kappa shape index (κ1) is 15.1. The summed E-state index contributed by atoms with van der Waals surface area (Å²) in [5, 5.41) is 11.9. The first-order valence-corrected chi connectivity index (χ1v) is 8.56. The predicted octanol–water partition coefficient (Wildman–Crippen LogP) is 4.44. The second-order valence-corrected chi connectivity index (χ2v) is 6.53. The monoisotopic (exact) mass is 315 g/mol. The van der Waals surface area contributed by atoms with E-state index < -0.39 is 5.60 Å². The zero-order chi connectivity index (χ0) is 16.4. The van der Waals surface area contributed by atoms with Crippen LogP contribution in [-0.4, -0.2) is 10.1 Å². The Morgan fingerprint density at radius 1 is 0.875 bits per heavy atom. The maximum atomic E-state index is 11.9. The van der Waals surface area contributed by atoms with Crippen LogP contribution in [0.15, 0.2) is 79.0 Å². The van der Waals surface area contributed by atoms with E-state index in [0.29, 0.717) is 0 Å². The molecule has 2 atom stereocenters. The molecule has 120 valence electrons. The molecule has 0 saturated heterocycles. The summed E-state index contributed by atoms with van der Waals surface area (Å²) >= 11 is 0. The second kappa shape index (κ2) is 6.21. The average molecular weight is 315 g/mol. The van der Waals surface area contributed by atoms with E-state index in [9.17, 15) is 5.11 Å². The third kappa shape index (κ3) is 2.53. The highest BCUT2D eigenvalue weighted by Gasteiger charge is 2.43. The van der Waals surface area contributed by atoms with Gasteiger partial charge in [-0.05, 0) is 48.1 Å². The van der Waals surface area contributed by atoms with Crippen molar-refractivity contribution in [1.82, 2.24) is 4.98 Å². The van der Waals surface area contributed by atoms with E-state index >= 15 is 0 Å². The summed E-state index contributed by atoms with van der Waals surface area (Å²) in [5.74, 6) is -0.165. The molecule has 0 fully saturated rings. The Morgan fingerprint density at radius 2 is 1.62 bits per heavy atom. The van der Waals surface area contributed by atoms with E-state index in [1.165, 1.54) is 5.56 Å². The molecule has 0 saturated carbocycles. The van der Waals surface area contributed by atoms with E-state index in [1.807, 2.05) is 48.7 Å². The van der Waals surface area contributed by atoms with Gasteiger partial charge in [0.2, 0.25) is 0 Å². The molecule has 0 unspecified atom stereocenters. The summed E-state index contributed by atoms with van der Waals surface area (Å²) in [7, 11) is 0. The number of hydrogen-bond donors (Lipinski definition) is 1. The van der Waals surface area contributed by atoms with E-state index in [4.69, 9.17) is 0 Å². The summed E-state index contributed by atoms with van der Waals surface area (Å²) in [4.78, 5) is 4.59. The molecule has 0 bridgehead atoms. The largest absolute Gasteiger partial charge is 0.384 e. The third-order valence-corrected chi connectivity index (χ3v) is 5.08. The van der Waals surface area contributed by atoms with Gasteiger partial charge in [-0.3, -0.25) is 4.98 Å². The normalized spacial score (nSPS) is 21.0. The van der Waals surface area contributed by atoms with E-state index in [2.05, 4.69) is 35.3 Å². The van der Waals surface area contributed by atoms with Crippen LogP contribution in [0, 0.1) is 0 Å². The Bertz CT molecular complexity index is 776. The maximum Gasteiger partial charge on any atom is 0.102 e. The van der Waals surface area contributed by atoms with Crippen molar-refractivity contribution in [3.63, 3.8) is 0 Å². The lowest BCUT2D eigenvalue weighted by Crippen LogP contribution is -2.38. The molecule has 0 radical (unpaired) electrons. The number of nitrogens with zero attached hydrogens (tertiary/aromatic N) is 1. The zero-order valence-electron chi connectivity index (χ0n) is 13.6. The van der Waals surface area contributed by atoms with Gasteiger partial charge in [-0.1, -0.05) is 60.7 Å². The SMILES string of the molecule is O[C@]1([C@H](c2ccccc2)c2ccccn2)CCCc2ccccc21. The Morgan fingerprint density at radius 3 is 2.42 bits per heavy atom. The number of aromatic nitrogens is 1. The van der Waals surface area contributed by atoms with Crippen LogP contribution in [0.2, 0.25) is 0 Å². The van der Waals surface area contributed by atoms with Crippen molar-refractivity contribution in [3.05, 3.63) is 101 Å². The van der Waals surface area contributed by atoms with Gasteiger partial charge in [-0.25, -0.2) is 0 Å². The fourth-order valence-corrected chi connectivity index (χ4v) is 4.03. The van der Waals surface area contributed by atoms with E-state index in [-0.39, 0.29) is 5.92 Å². The highest BCUT2D eigenvalue weighted by Crippen LogP contribution is 2.47. The Hall–Kier alpha value is -2.45. The number of hydrogen-bond acceptors (Lipinski definition) is 2. The summed E-state index contributed by atoms with van der Waals surface area (Å²) in [5.41, 5.74) is 3.40. The highest BCUT2D eigenvalue weighted by atomic mass is 16.3. The van der Waals surface area contributed by atoms with Gasteiger partial charge in [0.15, 0.2) is 0 Å². The second-order valence-electron chi connectivity index (χ2n) is 6.53. The van der Waals surface area contributed by atoms with Crippen LogP contribution in [0.5, 0.6) is 0 Å². The van der Waals surface area contributed by atoms with Gasteiger partial charge in [0.1, 0.15) is 5.60 Å². The lowest BCUT2D eigenvalue weighted by molar-refractivity contribution is 0.000969. The van der Waals surface area contributed by atoms with Crippen molar-refractivity contribution in [3.8, 4) is 0 Å². The molecule has 1 N–H and O–H groups in total. The topological polar surface area (TPSA) is 33.1 Å². The molecule has 0 amide bonds. The van der Waals surface area contributed by atoms with Crippen LogP contribution >= 0.6 is 0 Å². The molecule has 2 aromatic carbocycles. The van der Waals surface area contributed by atoms with Gasteiger partial charge in [-0.2, -0.15) is 0 Å². The van der Waals surface area contributed by atoms with Gasteiger partial charge in [0.05, 0.1) is 11.6 Å². The molecule has 1 aliphatic rings. The van der Waals surface area contributed by atoms with Crippen molar-refractivity contribution < 1.29 is 5.11 Å². The Kier molecular flexibility index (Phi) is 3.91. The first-order valence-electron chi connectivity index (χ1n) is 8.56. The van der Waals surface area contributed by atoms with Gasteiger partial charge < -0.3 is 5.11 Å². The number of aryl methyl sites for hydroxylation is 1. The molecule has 0 spiro atoms. The van der Waals surface area contributed by atoms with Crippen molar-refractivity contribution in [1.29, 1.82) is 0 Å². The quantitative estimate of drug-likeness (QED) is 0.775. The van der Waals surface area contributed by atoms with Crippen LogP contribution in [0.3, 0.4) is 0 Å². The summed E-state index contributed by atoms with van der Waals surface area (Å²) in [6.07, 6.45) is 4.58. The average Bonchev–Trinajstić information content (AvgIpc) is 2.64. The minimum absolute atomic E-state index is 0.165. The number of rotatable bonds is 3.